The van der Waals surface area contributed by atoms with E-state index < -0.39 is 6.04 Å². The summed E-state index contributed by atoms with van der Waals surface area (Å²) in [5.41, 5.74) is 4.20. The van der Waals surface area contributed by atoms with Crippen molar-refractivity contribution in [2.24, 2.45) is 0 Å². The van der Waals surface area contributed by atoms with Gasteiger partial charge in [-0.3, -0.25) is 9.59 Å². The molecule has 6 heteroatoms. The summed E-state index contributed by atoms with van der Waals surface area (Å²) in [7, 11) is 0. The maximum absolute atomic E-state index is 16.1. The first kappa shape index (κ1) is 25.9. The lowest BCUT2D eigenvalue weighted by Gasteiger charge is -2.25. The van der Waals surface area contributed by atoms with Crippen molar-refractivity contribution in [3.8, 4) is 11.1 Å². The largest absolute Gasteiger partial charge is 0.361 e. The molecule has 0 radical (unpaired) electrons. The minimum absolute atomic E-state index is 0.0279. The zero-order chi connectivity index (χ0) is 26.6. The highest BCUT2D eigenvalue weighted by molar-refractivity contribution is 5.94. The number of hydrogen-bond acceptors (Lipinski definition) is 3. The highest BCUT2D eigenvalue weighted by Gasteiger charge is 2.31. The molecule has 0 saturated carbocycles. The van der Waals surface area contributed by atoms with Crippen LogP contribution in [0.15, 0.2) is 72.9 Å². The third-order valence-electron chi connectivity index (χ3n) is 7.50. The second-order valence-electron chi connectivity index (χ2n) is 10.4. The summed E-state index contributed by atoms with van der Waals surface area (Å²) in [6.07, 6.45) is 4.29. The summed E-state index contributed by atoms with van der Waals surface area (Å²) in [5, 5.41) is 7.29. The number of aromatic nitrogens is 1. The Morgan fingerprint density at radius 2 is 1.74 bits per heavy atom. The van der Waals surface area contributed by atoms with Crippen molar-refractivity contribution in [1.82, 2.24) is 15.6 Å². The van der Waals surface area contributed by atoms with Gasteiger partial charge in [0.05, 0.1) is 6.04 Å². The number of aryl methyl sites for hydroxylation is 1. The van der Waals surface area contributed by atoms with Gasteiger partial charge in [-0.1, -0.05) is 74.5 Å². The minimum atomic E-state index is -0.957. The van der Waals surface area contributed by atoms with E-state index >= 15 is 4.39 Å². The van der Waals surface area contributed by atoms with Gasteiger partial charge in [0.1, 0.15) is 11.9 Å². The molecule has 1 aliphatic heterocycles. The number of carbonyl (C=O) groups excluding carboxylic acids is 2. The SMILES string of the molecule is CC(C)c1ccc(C(NC(=O)C2CCCN2)C(=O)CCc2c[nH]c3ccccc23)c(-c2ccccc2)c1F. The first-order valence-corrected chi connectivity index (χ1v) is 13.4. The van der Waals surface area contributed by atoms with Gasteiger partial charge in [-0.15, -0.1) is 0 Å². The number of H-pyrrole nitrogens is 1. The molecule has 5 rings (SSSR count). The average Bonchev–Trinajstić information content (AvgIpc) is 3.61. The number of benzene rings is 3. The van der Waals surface area contributed by atoms with Crippen LogP contribution in [0.4, 0.5) is 4.39 Å². The van der Waals surface area contributed by atoms with E-state index in [1.165, 1.54) is 0 Å². The average molecular weight is 512 g/mol. The van der Waals surface area contributed by atoms with Crippen molar-refractivity contribution in [2.45, 2.75) is 57.5 Å². The van der Waals surface area contributed by atoms with E-state index in [1.807, 2.05) is 80.7 Å². The van der Waals surface area contributed by atoms with E-state index in [0.29, 0.717) is 35.1 Å². The van der Waals surface area contributed by atoms with E-state index in [-0.39, 0.29) is 35.9 Å². The quantitative estimate of drug-likeness (QED) is 0.250. The molecule has 1 saturated heterocycles. The minimum Gasteiger partial charge on any atom is -0.361 e. The summed E-state index contributed by atoms with van der Waals surface area (Å²) in [5.74, 6) is -0.734. The standard InChI is InChI=1S/C32H34FN3O2/c1-20(2)23-15-16-25(29(30(23)33)21-9-4-3-5-10-21)31(36-32(38)27-13-8-18-34-27)28(37)17-14-22-19-35-26-12-7-6-11-24(22)26/h3-7,9-12,15-16,19-20,27,31,34-35H,8,13-14,17-18H2,1-2H3,(H,36,38). The van der Waals surface area contributed by atoms with Crippen LogP contribution in [0.3, 0.4) is 0 Å². The summed E-state index contributed by atoms with van der Waals surface area (Å²) in [4.78, 5) is 30.4. The highest BCUT2D eigenvalue weighted by atomic mass is 19.1. The predicted octanol–water partition coefficient (Wildman–Crippen LogP) is 6.21. The number of Topliss-reactive ketones (excluding diaryl/α,β-unsaturated/α-hetero) is 1. The molecule has 1 aliphatic rings. The fourth-order valence-electron chi connectivity index (χ4n) is 5.42. The lowest BCUT2D eigenvalue weighted by molar-refractivity contribution is -0.129. The molecule has 0 spiro atoms. The van der Waals surface area contributed by atoms with Gasteiger partial charge in [0.25, 0.3) is 0 Å². The fraction of sp³-hybridized carbons (Fsp3) is 0.312. The molecule has 0 aliphatic carbocycles. The second kappa shape index (κ2) is 11.3. The highest BCUT2D eigenvalue weighted by Crippen LogP contribution is 2.36. The van der Waals surface area contributed by atoms with Crippen molar-refractivity contribution >= 4 is 22.6 Å². The Balaban J connectivity index is 1.53. The van der Waals surface area contributed by atoms with Gasteiger partial charge in [-0.25, -0.2) is 4.39 Å². The number of nitrogens with one attached hydrogen (secondary N) is 3. The predicted molar refractivity (Wildman–Crippen MR) is 149 cm³/mol. The third kappa shape index (κ3) is 5.27. The van der Waals surface area contributed by atoms with Crippen molar-refractivity contribution in [2.75, 3.05) is 6.54 Å². The third-order valence-corrected chi connectivity index (χ3v) is 7.50. The number of para-hydroxylation sites is 1. The van der Waals surface area contributed by atoms with Gasteiger partial charge < -0.3 is 15.6 Å². The molecule has 1 aromatic heterocycles. The van der Waals surface area contributed by atoms with Gasteiger partial charge in [0, 0.05) is 29.1 Å². The molecule has 196 valence electrons. The topological polar surface area (TPSA) is 74.0 Å². The zero-order valence-corrected chi connectivity index (χ0v) is 21.9. The fourth-order valence-corrected chi connectivity index (χ4v) is 5.42. The van der Waals surface area contributed by atoms with E-state index in [9.17, 15) is 9.59 Å². The molecule has 1 fully saturated rings. The first-order chi connectivity index (χ1) is 18.4. The number of ketones is 1. The van der Waals surface area contributed by atoms with Gasteiger partial charge >= 0.3 is 0 Å². The summed E-state index contributed by atoms with van der Waals surface area (Å²) < 4.78 is 16.1. The number of hydrogen-bond donors (Lipinski definition) is 3. The normalized spacial score (nSPS) is 16.2. The van der Waals surface area contributed by atoms with Gasteiger partial charge in [-0.2, -0.15) is 0 Å². The van der Waals surface area contributed by atoms with Crippen molar-refractivity contribution < 1.29 is 14.0 Å². The maximum Gasteiger partial charge on any atom is 0.237 e. The van der Waals surface area contributed by atoms with Crippen LogP contribution >= 0.6 is 0 Å². The number of fused-ring (bicyclic) bond motifs is 1. The van der Waals surface area contributed by atoms with Crippen LogP contribution in [0.5, 0.6) is 0 Å². The molecule has 3 N–H and O–H groups in total. The Morgan fingerprint density at radius 3 is 2.47 bits per heavy atom. The number of halogens is 1. The smallest absolute Gasteiger partial charge is 0.237 e. The van der Waals surface area contributed by atoms with Crippen molar-refractivity contribution in [3.63, 3.8) is 0 Å². The molecule has 2 atom stereocenters. The van der Waals surface area contributed by atoms with Gasteiger partial charge in [-0.05, 0) is 60.0 Å². The van der Waals surface area contributed by atoms with Crippen LogP contribution in [0, 0.1) is 5.82 Å². The van der Waals surface area contributed by atoms with Crippen LogP contribution in [-0.2, 0) is 16.0 Å². The Labute approximate surface area is 222 Å². The Kier molecular flexibility index (Phi) is 7.70. The Bertz CT molecular complexity index is 1440. The number of carbonyl (C=O) groups is 2. The van der Waals surface area contributed by atoms with E-state index in [4.69, 9.17) is 0 Å². The second-order valence-corrected chi connectivity index (χ2v) is 10.4. The molecule has 3 aromatic carbocycles. The lowest BCUT2D eigenvalue weighted by Crippen LogP contribution is -2.44. The lowest BCUT2D eigenvalue weighted by atomic mass is 9.87. The van der Waals surface area contributed by atoms with E-state index in [1.54, 1.807) is 6.07 Å². The monoisotopic (exact) mass is 511 g/mol. The molecular formula is C32H34FN3O2. The summed E-state index contributed by atoms with van der Waals surface area (Å²) in [6, 6.07) is 19.5. The number of rotatable bonds is 9. The maximum atomic E-state index is 16.1. The van der Waals surface area contributed by atoms with E-state index in [0.717, 1.165) is 29.4 Å². The van der Waals surface area contributed by atoms with Crippen LogP contribution < -0.4 is 10.6 Å². The molecular weight excluding hydrogens is 477 g/mol. The van der Waals surface area contributed by atoms with Gasteiger partial charge in [0.15, 0.2) is 5.78 Å². The molecule has 1 amide bonds. The van der Waals surface area contributed by atoms with E-state index in [2.05, 4.69) is 15.6 Å². The van der Waals surface area contributed by atoms with Crippen molar-refractivity contribution in [1.29, 1.82) is 0 Å². The first-order valence-electron chi connectivity index (χ1n) is 13.4. The molecule has 38 heavy (non-hydrogen) atoms. The van der Waals surface area contributed by atoms with Crippen LogP contribution in [-0.4, -0.2) is 29.3 Å². The zero-order valence-electron chi connectivity index (χ0n) is 21.9. The van der Waals surface area contributed by atoms with Crippen LogP contribution in [0.2, 0.25) is 0 Å². The van der Waals surface area contributed by atoms with Gasteiger partial charge in [0.2, 0.25) is 5.91 Å². The summed E-state index contributed by atoms with van der Waals surface area (Å²) >= 11 is 0. The molecule has 5 nitrogen and oxygen atoms in total. The Hall–Kier alpha value is -3.77. The van der Waals surface area contributed by atoms with Crippen LogP contribution in [0.1, 0.15) is 61.8 Å². The number of aromatic amines is 1. The van der Waals surface area contributed by atoms with Crippen molar-refractivity contribution in [3.05, 3.63) is 95.4 Å². The Morgan fingerprint density at radius 1 is 1.00 bits per heavy atom. The summed E-state index contributed by atoms with van der Waals surface area (Å²) in [6.45, 7) is 4.67. The molecule has 2 heterocycles. The van der Waals surface area contributed by atoms with Crippen LogP contribution in [0.25, 0.3) is 22.0 Å². The molecule has 2 unspecified atom stereocenters. The molecule has 0 bridgehead atoms. The molecule has 4 aromatic rings. The number of amides is 1.